The molecule has 11 heteroatoms. The average molecular weight is 474 g/mol. The number of carbonyl (C=O) groups is 1. The van der Waals surface area contributed by atoms with E-state index in [2.05, 4.69) is 30.8 Å². The number of carbonyl (C=O) groups excluding carboxylic acids is 1. The van der Waals surface area contributed by atoms with Gasteiger partial charge in [-0.05, 0) is 38.7 Å². The summed E-state index contributed by atoms with van der Waals surface area (Å²) in [5.41, 5.74) is 1.62. The third-order valence-electron chi connectivity index (χ3n) is 6.39. The molecule has 2 saturated heterocycles. The maximum Gasteiger partial charge on any atom is 0.324 e. The molecule has 5 rings (SSSR count). The number of aryl methyl sites for hydroxylation is 1. The monoisotopic (exact) mass is 473 g/mol. The first-order valence-electron chi connectivity index (χ1n) is 11.1. The molecule has 174 valence electrons. The SMILES string of the molecule is Cc1nnc(-c2ccc3cnc(NC(=O)N4[C@@H]5CC[C@H]4C[C@@H](NC(CF)CF)C5)nc3c2)s1. The number of halogens is 2. The maximum absolute atomic E-state index is 13.1. The van der Waals surface area contributed by atoms with Crippen molar-refractivity contribution in [3.63, 3.8) is 0 Å². The highest BCUT2D eigenvalue weighted by atomic mass is 32.1. The van der Waals surface area contributed by atoms with Crippen molar-refractivity contribution >= 4 is 34.2 Å². The number of nitrogens with zero attached hydrogens (tertiary/aromatic N) is 5. The van der Waals surface area contributed by atoms with Gasteiger partial charge in [0, 0.05) is 35.3 Å². The molecule has 2 fully saturated rings. The summed E-state index contributed by atoms with van der Waals surface area (Å²) in [7, 11) is 0. The van der Waals surface area contributed by atoms with Crippen LogP contribution in [0.25, 0.3) is 21.5 Å². The summed E-state index contributed by atoms with van der Waals surface area (Å²) in [5.74, 6) is 0.243. The van der Waals surface area contributed by atoms with Crippen LogP contribution in [0, 0.1) is 6.92 Å². The molecule has 3 aromatic rings. The molecule has 33 heavy (non-hydrogen) atoms. The van der Waals surface area contributed by atoms with Crippen molar-refractivity contribution in [3.8, 4) is 10.6 Å². The van der Waals surface area contributed by atoms with Gasteiger partial charge in [0.25, 0.3) is 0 Å². The molecule has 3 atom stereocenters. The first kappa shape index (κ1) is 22.0. The van der Waals surface area contributed by atoms with Crippen LogP contribution >= 0.6 is 11.3 Å². The number of anilines is 1. The van der Waals surface area contributed by atoms with Gasteiger partial charge in [0.2, 0.25) is 5.95 Å². The largest absolute Gasteiger partial charge is 0.324 e. The number of benzene rings is 1. The van der Waals surface area contributed by atoms with E-state index in [4.69, 9.17) is 0 Å². The summed E-state index contributed by atoms with van der Waals surface area (Å²) < 4.78 is 25.8. The molecule has 8 nitrogen and oxygen atoms in total. The first-order chi connectivity index (χ1) is 16.0. The van der Waals surface area contributed by atoms with Gasteiger partial charge in [-0.2, -0.15) is 0 Å². The number of alkyl halides is 2. The standard InChI is InChI=1S/C22H25F2N7OS/c1-12-29-30-20(33-12)13-2-3-14-11-25-21(27-19(14)6-13)28-22(32)31-17-4-5-18(31)8-15(7-17)26-16(9-23)10-24/h2-3,6,11,15-18,26H,4-5,7-10H2,1H3,(H,25,27,28,32)/t15-,17+,18-. The lowest BCUT2D eigenvalue weighted by Gasteiger charge is -2.39. The van der Waals surface area contributed by atoms with Crippen LogP contribution in [0.15, 0.2) is 24.4 Å². The molecular weight excluding hydrogens is 448 g/mol. The van der Waals surface area contributed by atoms with Gasteiger partial charge in [-0.3, -0.25) is 5.32 Å². The van der Waals surface area contributed by atoms with Crippen LogP contribution in [-0.4, -0.2) is 68.6 Å². The fourth-order valence-corrected chi connectivity index (χ4v) is 5.59. The number of urea groups is 1. The minimum Gasteiger partial charge on any atom is -0.318 e. The summed E-state index contributed by atoms with van der Waals surface area (Å²) in [4.78, 5) is 23.8. The van der Waals surface area contributed by atoms with Crippen LogP contribution in [-0.2, 0) is 0 Å². The van der Waals surface area contributed by atoms with Gasteiger partial charge >= 0.3 is 6.03 Å². The van der Waals surface area contributed by atoms with E-state index < -0.39 is 19.4 Å². The smallest absolute Gasteiger partial charge is 0.318 e. The molecule has 0 aliphatic carbocycles. The van der Waals surface area contributed by atoms with Crippen molar-refractivity contribution < 1.29 is 13.6 Å². The lowest BCUT2D eigenvalue weighted by molar-refractivity contribution is 0.133. The molecule has 0 saturated carbocycles. The topological polar surface area (TPSA) is 95.9 Å². The molecular formula is C22H25F2N7OS. The number of hydrogen-bond donors (Lipinski definition) is 2. The van der Waals surface area contributed by atoms with E-state index in [9.17, 15) is 13.6 Å². The Morgan fingerprint density at radius 2 is 1.97 bits per heavy atom. The van der Waals surface area contributed by atoms with Gasteiger partial charge in [0.1, 0.15) is 23.4 Å². The Kier molecular flexibility index (Phi) is 6.15. The summed E-state index contributed by atoms with van der Waals surface area (Å²) in [5, 5.41) is 16.7. The van der Waals surface area contributed by atoms with Gasteiger partial charge in [0.05, 0.1) is 11.6 Å². The van der Waals surface area contributed by atoms with Gasteiger partial charge in [-0.15, -0.1) is 10.2 Å². The highest BCUT2D eigenvalue weighted by Crippen LogP contribution is 2.36. The molecule has 0 radical (unpaired) electrons. The number of hydrogen-bond acceptors (Lipinski definition) is 7. The zero-order chi connectivity index (χ0) is 22.9. The fraction of sp³-hybridized carbons (Fsp3) is 0.500. The van der Waals surface area contributed by atoms with E-state index in [-0.39, 0.29) is 30.1 Å². The van der Waals surface area contributed by atoms with E-state index in [0.717, 1.165) is 33.8 Å². The summed E-state index contributed by atoms with van der Waals surface area (Å²) in [6.45, 7) is 0.447. The van der Waals surface area contributed by atoms with Crippen molar-refractivity contribution in [1.82, 2.24) is 30.4 Å². The molecule has 1 aromatic carbocycles. The van der Waals surface area contributed by atoms with Crippen molar-refractivity contribution in [2.75, 3.05) is 18.7 Å². The Hall–Kier alpha value is -2.79. The lowest BCUT2D eigenvalue weighted by atomic mass is 9.97. The molecule has 2 aliphatic heterocycles. The number of piperidine rings is 1. The van der Waals surface area contributed by atoms with Crippen LogP contribution in [0.3, 0.4) is 0 Å². The van der Waals surface area contributed by atoms with Crippen molar-refractivity contribution in [2.24, 2.45) is 0 Å². The van der Waals surface area contributed by atoms with Crippen LogP contribution in [0.2, 0.25) is 0 Å². The Morgan fingerprint density at radius 1 is 1.21 bits per heavy atom. The number of aromatic nitrogens is 4. The highest BCUT2D eigenvalue weighted by molar-refractivity contribution is 7.14. The molecule has 2 aliphatic rings. The van der Waals surface area contributed by atoms with Crippen molar-refractivity contribution in [2.45, 2.75) is 56.8 Å². The van der Waals surface area contributed by atoms with E-state index in [1.54, 1.807) is 6.20 Å². The van der Waals surface area contributed by atoms with E-state index in [0.29, 0.717) is 18.4 Å². The number of nitrogens with one attached hydrogen (secondary N) is 2. The van der Waals surface area contributed by atoms with E-state index >= 15 is 0 Å². The second-order valence-electron chi connectivity index (χ2n) is 8.66. The van der Waals surface area contributed by atoms with Gasteiger partial charge in [0.15, 0.2) is 0 Å². The highest BCUT2D eigenvalue weighted by Gasteiger charge is 2.43. The zero-order valence-electron chi connectivity index (χ0n) is 18.2. The van der Waals surface area contributed by atoms with Gasteiger partial charge < -0.3 is 10.2 Å². The minimum atomic E-state index is -0.769. The molecule has 2 bridgehead atoms. The van der Waals surface area contributed by atoms with E-state index in [1.807, 2.05) is 30.0 Å². The summed E-state index contributed by atoms with van der Waals surface area (Å²) >= 11 is 1.51. The van der Waals surface area contributed by atoms with Crippen molar-refractivity contribution in [3.05, 3.63) is 29.4 Å². The number of amides is 2. The summed E-state index contributed by atoms with van der Waals surface area (Å²) in [6, 6.07) is 4.88. The third-order valence-corrected chi connectivity index (χ3v) is 7.27. The molecule has 4 heterocycles. The average Bonchev–Trinajstić information content (AvgIpc) is 3.37. The number of rotatable bonds is 6. The third kappa shape index (κ3) is 4.51. The molecule has 2 amide bonds. The van der Waals surface area contributed by atoms with Gasteiger partial charge in [-0.1, -0.05) is 23.5 Å². The predicted molar refractivity (Wildman–Crippen MR) is 123 cm³/mol. The van der Waals surface area contributed by atoms with E-state index in [1.165, 1.54) is 11.3 Å². The van der Waals surface area contributed by atoms with Crippen LogP contribution < -0.4 is 10.6 Å². The molecule has 2 N–H and O–H groups in total. The summed E-state index contributed by atoms with van der Waals surface area (Å²) in [6.07, 6.45) is 4.82. The number of fused-ring (bicyclic) bond motifs is 3. The Labute approximate surface area is 193 Å². The predicted octanol–water partition coefficient (Wildman–Crippen LogP) is 3.88. The molecule has 0 unspecified atom stereocenters. The van der Waals surface area contributed by atoms with Crippen LogP contribution in [0.5, 0.6) is 0 Å². The minimum absolute atomic E-state index is 0.0161. The molecule has 0 spiro atoms. The first-order valence-corrected chi connectivity index (χ1v) is 11.9. The van der Waals surface area contributed by atoms with Crippen LogP contribution in [0.1, 0.15) is 30.7 Å². The van der Waals surface area contributed by atoms with Crippen molar-refractivity contribution in [1.29, 1.82) is 0 Å². The Morgan fingerprint density at radius 3 is 2.64 bits per heavy atom. The second-order valence-corrected chi connectivity index (χ2v) is 9.84. The maximum atomic E-state index is 13.1. The quantitative estimate of drug-likeness (QED) is 0.564. The molecule has 2 aromatic heterocycles. The fourth-order valence-electron chi connectivity index (χ4n) is 4.90. The Bertz CT molecular complexity index is 1140. The second kappa shape index (κ2) is 9.22. The lowest BCUT2D eigenvalue weighted by Crippen LogP contribution is -2.54. The van der Waals surface area contributed by atoms with Gasteiger partial charge in [-0.25, -0.2) is 23.5 Å². The zero-order valence-corrected chi connectivity index (χ0v) is 19.0. The normalized spacial score (nSPS) is 22.3. The van der Waals surface area contributed by atoms with Crippen LogP contribution in [0.4, 0.5) is 19.5 Å². The Balaban J connectivity index is 1.29.